The maximum atomic E-state index is 11.2. The van der Waals surface area contributed by atoms with E-state index in [1.807, 2.05) is 13.8 Å². The highest BCUT2D eigenvalue weighted by molar-refractivity contribution is 6.35. The van der Waals surface area contributed by atoms with Crippen molar-refractivity contribution in [3.63, 3.8) is 0 Å². The normalized spacial score (nSPS) is 11.9. The maximum absolute atomic E-state index is 11.2. The van der Waals surface area contributed by atoms with Gasteiger partial charge in [0.25, 0.3) is 5.78 Å². The number of amides is 1. The highest BCUT2D eigenvalue weighted by atomic mass is 16.4. The van der Waals surface area contributed by atoms with E-state index in [9.17, 15) is 14.4 Å². The number of aliphatic carboxylic acids is 1. The summed E-state index contributed by atoms with van der Waals surface area (Å²) in [6, 6.07) is -0.883. The zero-order chi connectivity index (χ0) is 11.8. The first-order valence-electron chi connectivity index (χ1n) is 5.09. The van der Waals surface area contributed by atoms with Crippen molar-refractivity contribution >= 4 is 17.7 Å². The molecule has 2 N–H and O–H groups in total. The highest BCUT2D eigenvalue weighted by Gasteiger charge is 2.25. The summed E-state index contributed by atoms with van der Waals surface area (Å²) < 4.78 is 0. The zero-order valence-electron chi connectivity index (χ0n) is 9.08. The second-order valence-electron chi connectivity index (χ2n) is 3.33. The van der Waals surface area contributed by atoms with E-state index in [0.717, 1.165) is 0 Å². The van der Waals surface area contributed by atoms with Crippen LogP contribution in [0.3, 0.4) is 0 Å². The van der Waals surface area contributed by atoms with Gasteiger partial charge in [-0.05, 0) is 12.8 Å². The lowest BCUT2D eigenvalue weighted by Gasteiger charge is -2.14. The first-order valence-corrected chi connectivity index (χ1v) is 5.09. The molecule has 1 amide bonds. The lowest BCUT2D eigenvalue weighted by molar-refractivity contribution is -0.150. The molecule has 5 heteroatoms. The van der Waals surface area contributed by atoms with Crippen LogP contribution in [0.2, 0.25) is 0 Å². The van der Waals surface area contributed by atoms with Gasteiger partial charge in [0.05, 0.1) is 6.04 Å². The predicted octanol–water partition coefficient (Wildman–Crippen LogP) is 0.725. The number of hydrogen-bond donors (Lipinski definition) is 2. The van der Waals surface area contributed by atoms with Crippen LogP contribution in [0.4, 0.5) is 0 Å². The van der Waals surface area contributed by atoms with Crippen molar-refractivity contribution < 1.29 is 19.5 Å². The van der Waals surface area contributed by atoms with E-state index in [1.54, 1.807) is 0 Å². The third kappa shape index (κ3) is 5.15. The molecule has 0 aromatic rings. The fraction of sp³-hybridized carbons (Fsp3) is 0.700. The van der Waals surface area contributed by atoms with Crippen LogP contribution in [-0.4, -0.2) is 28.8 Å². The molecule has 0 spiro atoms. The minimum Gasteiger partial charge on any atom is -0.475 e. The number of rotatable bonds is 7. The van der Waals surface area contributed by atoms with E-state index < -0.39 is 17.8 Å². The largest absolute Gasteiger partial charge is 0.475 e. The van der Waals surface area contributed by atoms with Crippen molar-refractivity contribution in [2.24, 2.45) is 0 Å². The number of nitrogens with one attached hydrogen (secondary N) is 1. The number of ketones is 1. The van der Waals surface area contributed by atoms with E-state index >= 15 is 0 Å². The molecule has 0 aliphatic heterocycles. The molecule has 1 unspecified atom stereocenters. The lowest BCUT2D eigenvalue weighted by atomic mass is 10.1. The molecule has 1 atom stereocenters. The van der Waals surface area contributed by atoms with Gasteiger partial charge in [0, 0.05) is 6.42 Å². The average Bonchev–Trinajstić information content (AvgIpc) is 2.16. The molecule has 0 rings (SSSR count). The Morgan fingerprint density at radius 1 is 1.20 bits per heavy atom. The summed E-state index contributed by atoms with van der Waals surface area (Å²) in [5.41, 5.74) is 0. The summed E-state index contributed by atoms with van der Waals surface area (Å²) in [6.07, 6.45) is 2.00. The highest BCUT2D eigenvalue weighted by Crippen LogP contribution is 2.00. The lowest BCUT2D eigenvalue weighted by Crippen LogP contribution is -2.43. The van der Waals surface area contributed by atoms with Crippen LogP contribution in [0.1, 0.15) is 39.5 Å². The smallest absolute Gasteiger partial charge is 0.374 e. The standard InChI is InChI=1S/C10H17NO4/c1-3-5-7(9(13)10(14)15)11-8(12)6-4-2/h7H,3-6H2,1-2H3,(H,11,12)(H,14,15). The van der Waals surface area contributed by atoms with Crippen molar-refractivity contribution in [3.05, 3.63) is 0 Å². The molecule has 0 aliphatic carbocycles. The van der Waals surface area contributed by atoms with Gasteiger partial charge >= 0.3 is 5.97 Å². The van der Waals surface area contributed by atoms with Gasteiger partial charge in [-0.2, -0.15) is 0 Å². The molecule has 0 heterocycles. The fourth-order valence-electron chi connectivity index (χ4n) is 1.20. The number of carboxylic acids is 1. The Kier molecular flexibility index (Phi) is 6.33. The van der Waals surface area contributed by atoms with Crippen molar-refractivity contribution in [2.45, 2.75) is 45.6 Å². The van der Waals surface area contributed by atoms with Gasteiger partial charge in [-0.25, -0.2) is 4.79 Å². The van der Waals surface area contributed by atoms with Gasteiger partial charge in [0.2, 0.25) is 5.91 Å². The molecule has 0 saturated heterocycles. The molecule has 0 aromatic heterocycles. The van der Waals surface area contributed by atoms with Crippen molar-refractivity contribution in [3.8, 4) is 0 Å². The number of carbonyl (C=O) groups excluding carboxylic acids is 2. The van der Waals surface area contributed by atoms with Crippen molar-refractivity contribution in [2.75, 3.05) is 0 Å². The van der Waals surface area contributed by atoms with E-state index in [2.05, 4.69) is 5.32 Å². The Morgan fingerprint density at radius 2 is 1.80 bits per heavy atom. The number of carboxylic acid groups (broad SMARTS) is 1. The zero-order valence-corrected chi connectivity index (χ0v) is 9.08. The third-order valence-corrected chi connectivity index (χ3v) is 1.92. The van der Waals surface area contributed by atoms with E-state index in [1.165, 1.54) is 0 Å². The molecule has 0 aliphatic rings. The molecule has 0 fully saturated rings. The average molecular weight is 215 g/mol. The minimum absolute atomic E-state index is 0.273. The first kappa shape index (κ1) is 13.6. The van der Waals surface area contributed by atoms with Gasteiger partial charge in [-0.3, -0.25) is 9.59 Å². The topological polar surface area (TPSA) is 83.5 Å². The summed E-state index contributed by atoms with van der Waals surface area (Å²) >= 11 is 0. The summed E-state index contributed by atoms with van der Waals surface area (Å²) in [4.78, 5) is 32.8. The monoisotopic (exact) mass is 215 g/mol. The van der Waals surface area contributed by atoms with E-state index in [4.69, 9.17) is 5.11 Å². The van der Waals surface area contributed by atoms with Crippen LogP contribution in [0, 0.1) is 0 Å². The second kappa shape index (κ2) is 6.98. The van der Waals surface area contributed by atoms with Crippen LogP contribution in [0.5, 0.6) is 0 Å². The molecule has 5 nitrogen and oxygen atoms in total. The van der Waals surface area contributed by atoms with Crippen molar-refractivity contribution in [1.29, 1.82) is 0 Å². The molecule has 86 valence electrons. The summed E-state index contributed by atoms with van der Waals surface area (Å²) in [5.74, 6) is -2.71. The molecule has 15 heavy (non-hydrogen) atoms. The molecular weight excluding hydrogens is 198 g/mol. The molecule has 0 bridgehead atoms. The van der Waals surface area contributed by atoms with Gasteiger partial charge in [-0.15, -0.1) is 0 Å². The van der Waals surface area contributed by atoms with Crippen LogP contribution >= 0.6 is 0 Å². The molecule has 0 saturated carbocycles. The van der Waals surface area contributed by atoms with Gasteiger partial charge in [-0.1, -0.05) is 20.3 Å². The predicted molar refractivity (Wildman–Crippen MR) is 54.4 cm³/mol. The maximum Gasteiger partial charge on any atom is 0.374 e. The Bertz CT molecular complexity index is 250. The number of carbonyl (C=O) groups is 3. The van der Waals surface area contributed by atoms with Crippen molar-refractivity contribution in [1.82, 2.24) is 5.32 Å². The molecular formula is C10H17NO4. The Labute approximate surface area is 88.9 Å². The molecule has 0 radical (unpaired) electrons. The second-order valence-corrected chi connectivity index (χ2v) is 3.33. The Hall–Kier alpha value is -1.39. The van der Waals surface area contributed by atoms with Crippen LogP contribution in [-0.2, 0) is 14.4 Å². The summed E-state index contributed by atoms with van der Waals surface area (Å²) in [6.45, 7) is 3.67. The SMILES string of the molecule is CCCC(=O)NC(CCC)C(=O)C(=O)O. The van der Waals surface area contributed by atoms with E-state index in [-0.39, 0.29) is 5.91 Å². The van der Waals surface area contributed by atoms with Gasteiger partial charge < -0.3 is 10.4 Å². The fourth-order valence-corrected chi connectivity index (χ4v) is 1.20. The minimum atomic E-state index is -1.50. The number of Topliss-reactive ketones (excluding diaryl/α,β-unsaturated/α-hetero) is 1. The molecule has 0 aromatic carbocycles. The van der Waals surface area contributed by atoms with Crippen LogP contribution in [0.25, 0.3) is 0 Å². The quantitative estimate of drug-likeness (QED) is 0.613. The summed E-state index contributed by atoms with van der Waals surface area (Å²) in [7, 11) is 0. The number of hydrogen-bond acceptors (Lipinski definition) is 3. The third-order valence-electron chi connectivity index (χ3n) is 1.92. The summed E-state index contributed by atoms with van der Waals surface area (Å²) in [5, 5.41) is 11.0. The van der Waals surface area contributed by atoms with Gasteiger partial charge in [0.15, 0.2) is 0 Å². The Morgan fingerprint density at radius 3 is 2.20 bits per heavy atom. The van der Waals surface area contributed by atoms with Crippen LogP contribution < -0.4 is 5.32 Å². The first-order chi connectivity index (χ1) is 7.02. The van der Waals surface area contributed by atoms with Crippen LogP contribution in [0.15, 0.2) is 0 Å². The van der Waals surface area contributed by atoms with Gasteiger partial charge in [0.1, 0.15) is 0 Å². The van der Waals surface area contributed by atoms with E-state index in [0.29, 0.717) is 25.7 Å². The Balaban J connectivity index is 4.33.